The molecule has 110 valence electrons. The quantitative estimate of drug-likeness (QED) is 0.246. The maximum absolute atomic E-state index is 10.4. The number of carbonyl (C=O) groups is 1. The van der Waals surface area contributed by atoms with Crippen molar-refractivity contribution in [3.63, 3.8) is 0 Å². The molecule has 0 aliphatic heterocycles. The molecule has 0 heterocycles. The van der Waals surface area contributed by atoms with Crippen LogP contribution in [0, 0.1) is 0 Å². The van der Waals surface area contributed by atoms with Gasteiger partial charge in [-0.2, -0.15) is 8.62 Å². The van der Waals surface area contributed by atoms with Crippen molar-refractivity contribution in [3.8, 4) is 0 Å². The van der Waals surface area contributed by atoms with E-state index in [4.69, 9.17) is 34.4 Å². The standard InChI is InChI=1S/C2H4O2.Al.H5O10P3.3H/c1-2(3)4;;1-11(2,3)9-13(7,8)10-12(4,5)6;;;/h1H3,(H,3,4);;(H,7,8)(H2,1,2,3)(H2,4,5,6);;;. The Balaban J connectivity index is -0.000000392. The first-order chi connectivity index (χ1) is 7.15. The summed E-state index contributed by atoms with van der Waals surface area (Å²) >= 11 is 0. The molecule has 0 radical (unpaired) electrons. The van der Waals surface area contributed by atoms with E-state index in [1.165, 1.54) is 0 Å². The molecule has 0 unspecified atom stereocenters. The SMILES string of the molecule is CC(=O)O.O=P(O)(O)OP(=O)(O)OP(=O)(O)O.[AlH3]. The minimum Gasteiger partial charge on any atom is -0.481 e. The van der Waals surface area contributed by atoms with Gasteiger partial charge in [-0.3, -0.25) is 4.79 Å². The zero-order valence-corrected chi connectivity index (χ0v) is 10.7. The molecule has 0 aliphatic carbocycles. The molecule has 0 spiro atoms. The third kappa shape index (κ3) is 25.3. The van der Waals surface area contributed by atoms with Crippen molar-refractivity contribution in [2.45, 2.75) is 6.92 Å². The van der Waals surface area contributed by atoms with E-state index in [9.17, 15) is 13.7 Å². The van der Waals surface area contributed by atoms with E-state index in [2.05, 4.69) is 8.62 Å². The molecule has 12 nitrogen and oxygen atoms in total. The highest BCUT2D eigenvalue weighted by Gasteiger charge is 2.38. The average molecular weight is 348 g/mol. The minimum atomic E-state index is -5.46. The van der Waals surface area contributed by atoms with Gasteiger partial charge in [0.1, 0.15) is 0 Å². The maximum atomic E-state index is 10.4. The molecule has 0 amide bonds. The van der Waals surface area contributed by atoms with Gasteiger partial charge in [-0.05, 0) is 0 Å². The van der Waals surface area contributed by atoms with Crippen molar-refractivity contribution in [2.75, 3.05) is 0 Å². The van der Waals surface area contributed by atoms with Crippen LogP contribution < -0.4 is 0 Å². The largest absolute Gasteiger partial charge is 0.490 e. The van der Waals surface area contributed by atoms with E-state index in [1.807, 2.05) is 0 Å². The maximum Gasteiger partial charge on any atom is 0.490 e. The van der Waals surface area contributed by atoms with Crippen molar-refractivity contribution in [3.05, 3.63) is 0 Å². The van der Waals surface area contributed by atoms with E-state index < -0.39 is 29.4 Å². The molecule has 0 fully saturated rings. The summed E-state index contributed by atoms with van der Waals surface area (Å²) in [6, 6.07) is 0. The van der Waals surface area contributed by atoms with Crippen LogP contribution in [0.2, 0.25) is 0 Å². The smallest absolute Gasteiger partial charge is 0.481 e. The minimum absolute atomic E-state index is 0. The summed E-state index contributed by atoms with van der Waals surface area (Å²) in [5, 5.41) is 7.42. The van der Waals surface area contributed by atoms with Gasteiger partial charge in [-0.25, -0.2) is 13.7 Å². The third-order valence-corrected chi connectivity index (χ3v) is 3.77. The van der Waals surface area contributed by atoms with Gasteiger partial charge in [0, 0.05) is 6.92 Å². The Hall–Kier alpha value is 0.412. The first-order valence-electron chi connectivity index (χ1n) is 3.21. The summed E-state index contributed by atoms with van der Waals surface area (Å²) in [7, 11) is -16.2. The Kier molecular flexibility index (Phi) is 11.2. The molecule has 0 aromatic heterocycles. The van der Waals surface area contributed by atoms with Crippen molar-refractivity contribution in [2.24, 2.45) is 0 Å². The zero-order chi connectivity index (χ0) is 14.5. The Morgan fingerprint density at radius 2 is 1.06 bits per heavy atom. The van der Waals surface area contributed by atoms with Gasteiger partial charge >= 0.3 is 23.5 Å². The predicted molar refractivity (Wildman–Crippen MR) is 59.3 cm³/mol. The molecule has 0 saturated carbocycles. The molecule has 18 heavy (non-hydrogen) atoms. The highest BCUT2D eigenvalue weighted by Crippen LogP contribution is 2.64. The summed E-state index contributed by atoms with van der Waals surface area (Å²) in [6.45, 7) is 1.08. The lowest BCUT2D eigenvalue weighted by Gasteiger charge is -2.11. The molecule has 0 bridgehead atoms. The van der Waals surface area contributed by atoms with Crippen molar-refractivity contribution < 1.29 is 56.7 Å². The summed E-state index contributed by atoms with van der Waals surface area (Å²) in [4.78, 5) is 49.2. The monoisotopic (exact) mass is 348 g/mol. The van der Waals surface area contributed by atoms with Crippen LogP contribution in [0.5, 0.6) is 0 Å². The summed E-state index contributed by atoms with van der Waals surface area (Å²) < 4.78 is 36.4. The lowest BCUT2D eigenvalue weighted by molar-refractivity contribution is -0.134. The normalized spacial score (nSPS) is 11.9. The Morgan fingerprint density at radius 1 is 0.889 bits per heavy atom. The fourth-order valence-electron chi connectivity index (χ4n) is 0.284. The molecule has 0 aliphatic rings. The molecule has 0 saturated heterocycles. The number of hydrogen-bond donors (Lipinski definition) is 6. The van der Waals surface area contributed by atoms with E-state index in [0.717, 1.165) is 6.92 Å². The van der Waals surface area contributed by atoms with Crippen LogP contribution in [0.4, 0.5) is 0 Å². The number of carboxylic acid groups (broad SMARTS) is 1. The number of phosphoric acid groups is 3. The molecule has 6 N–H and O–H groups in total. The molecular formula is C2H12AlO12P3. The topological polar surface area (TPSA) is 208 Å². The second kappa shape index (κ2) is 8.56. The van der Waals surface area contributed by atoms with Crippen LogP contribution in [-0.2, 0) is 27.1 Å². The zero-order valence-electron chi connectivity index (χ0n) is 7.97. The fraction of sp³-hybridized carbons (Fsp3) is 0.500. The molecule has 0 rings (SSSR count). The lowest BCUT2D eigenvalue weighted by atomic mass is 10.9. The number of aliphatic carboxylic acids is 1. The van der Waals surface area contributed by atoms with Gasteiger partial charge in [0.15, 0.2) is 17.4 Å². The number of carboxylic acids is 1. The summed E-state index contributed by atoms with van der Waals surface area (Å²) in [6.07, 6.45) is 0. The molecule has 0 atom stereocenters. The van der Waals surface area contributed by atoms with Crippen LogP contribution >= 0.6 is 23.5 Å². The van der Waals surface area contributed by atoms with E-state index in [1.54, 1.807) is 0 Å². The first kappa shape index (κ1) is 23.5. The third-order valence-electron chi connectivity index (χ3n) is 0.419. The Morgan fingerprint density at radius 3 is 1.17 bits per heavy atom. The van der Waals surface area contributed by atoms with E-state index in [0.29, 0.717) is 0 Å². The fourth-order valence-corrected chi connectivity index (χ4v) is 2.82. The lowest BCUT2D eigenvalue weighted by Crippen LogP contribution is -1.91. The van der Waals surface area contributed by atoms with Gasteiger partial charge in [-0.1, -0.05) is 0 Å². The number of rotatable bonds is 4. The summed E-state index contributed by atoms with van der Waals surface area (Å²) in [5.41, 5.74) is 0. The van der Waals surface area contributed by atoms with Crippen molar-refractivity contribution in [1.29, 1.82) is 0 Å². The van der Waals surface area contributed by atoms with Gasteiger partial charge in [-0.15, -0.1) is 0 Å². The molecule has 16 heteroatoms. The first-order valence-corrected chi connectivity index (χ1v) is 7.76. The molecular weight excluding hydrogens is 336 g/mol. The molecule has 0 aromatic carbocycles. The predicted octanol–water partition coefficient (Wildman–Crippen LogP) is -1.79. The molecule has 0 aromatic rings. The van der Waals surface area contributed by atoms with Crippen LogP contribution in [0.25, 0.3) is 0 Å². The van der Waals surface area contributed by atoms with Crippen molar-refractivity contribution >= 4 is 46.8 Å². The highest BCUT2D eigenvalue weighted by atomic mass is 31.3. The van der Waals surface area contributed by atoms with Gasteiger partial charge in [0.05, 0.1) is 0 Å². The second-order valence-electron chi connectivity index (χ2n) is 2.13. The highest BCUT2D eigenvalue weighted by molar-refractivity contribution is 7.66. The second-order valence-corrected chi connectivity index (χ2v) is 6.34. The number of hydrogen-bond acceptors (Lipinski definition) is 6. The van der Waals surface area contributed by atoms with Gasteiger partial charge in [0.2, 0.25) is 0 Å². The van der Waals surface area contributed by atoms with Crippen molar-refractivity contribution in [1.82, 2.24) is 0 Å². The Labute approximate surface area is 111 Å². The summed E-state index contributed by atoms with van der Waals surface area (Å²) in [5.74, 6) is -0.833. The van der Waals surface area contributed by atoms with Gasteiger partial charge < -0.3 is 29.6 Å². The average Bonchev–Trinajstić information content (AvgIpc) is 1.68. The van der Waals surface area contributed by atoms with E-state index >= 15 is 0 Å². The van der Waals surface area contributed by atoms with Crippen LogP contribution in [-0.4, -0.2) is 52.9 Å². The van der Waals surface area contributed by atoms with Crippen LogP contribution in [0.1, 0.15) is 6.92 Å². The van der Waals surface area contributed by atoms with Crippen LogP contribution in [0.15, 0.2) is 0 Å². The Bertz CT molecular complexity index is 358. The van der Waals surface area contributed by atoms with Crippen LogP contribution in [0.3, 0.4) is 0 Å². The van der Waals surface area contributed by atoms with E-state index in [-0.39, 0.29) is 17.4 Å². The van der Waals surface area contributed by atoms with Gasteiger partial charge in [0.25, 0.3) is 5.97 Å².